The first-order valence-electron chi connectivity index (χ1n) is 4.32. The molecule has 0 unspecified atom stereocenters. The molecule has 0 aliphatic carbocycles. The molecule has 0 atom stereocenters. The molecule has 0 spiro atoms. The van der Waals surface area contributed by atoms with Crippen LogP contribution in [0.1, 0.15) is 0 Å². The second-order valence-corrected chi connectivity index (χ2v) is 4.45. The SMILES string of the molecule is C=[N+]([C-](N(C)C)[N+](C)(C)C)N(C)C. The summed E-state index contributed by atoms with van der Waals surface area (Å²) in [6.07, 6.45) is 1.13. The molecule has 13 heavy (non-hydrogen) atoms. The fraction of sp³-hybridized carbons (Fsp3) is 0.778. The van der Waals surface area contributed by atoms with E-state index in [9.17, 15) is 0 Å². The van der Waals surface area contributed by atoms with Crippen LogP contribution >= 0.6 is 0 Å². The fourth-order valence-corrected chi connectivity index (χ4v) is 1.36. The van der Waals surface area contributed by atoms with Crippen molar-refractivity contribution >= 4 is 6.72 Å². The minimum Gasteiger partial charge on any atom is -0.303 e. The Morgan fingerprint density at radius 1 is 1.08 bits per heavy atom. The van der Waals surface area contributed by atoms with E-state index in [1.165, 1.54) is 0 Å². The Morgan fingerprint density at radius 3 is 1.54 bits per heavy atom. The summed E-state index contributed by atoms with van der Waals surface area (Å²) < 4.78 is 2.63. The Balaban J connectivity index is 4.73. The predicted molar refractivity (Wildman–Crippen MR) is 56.0 cm³/mol. The number of rotatable bonds is 4. The van der Waals surface area contributed by atoms with Crippen LogP contribution in [0, 0.1) is 6.29 Å². The van der Waals surface area contributed by atoms with Crippen molar-refractivity contribution in [1.29, 1.82) is 0 Å². The Bertz CT molecular complexity index is 179. The average Bonchev–Trinajstić information content (AvgIpc) is 1.82. The minimum absolute atomic E-state index is 0.745. The molecule has 0 rings (SSSR count). The quantitative estimate of drug-likeness (QED) is 0.200. The van der Waals surface area contributed by atoms with E-state index in [2.05, 4.69) is 32.8 Å². The van der Waals surface area contributed by atoms with E-state index in [1.54, 1.807) is 0 Å². The lowest BCUT2D eigenvalue weighted by Crippen LogP contribution is -2.54. The van der Waals surface area contributed by atoms with E-state index in [0.717, 1.165) is 10.8 Å². The number of hydrazone groups is 1. The van der Waals surface area contributed by atoms with Crippen molar-refractivity contribution in [2.75, 3.05) is 49.3 Å². The van der Waals surface area contributed by atoms with Gasteiger partial charge in [0.15, 0.2) is 0 Å². The van der Waals surface area contributed by atoms with Crippen LogP contribution in [0.3, 0.4) is 0 Å². The van der Waals surface area contributed by atoms with Gasteiger partial charge < -0.3 is 4.48 Å². The van der Waals surface area contributed by atoms with Crippen LogP contribution in [0.2, 0.25) is 0 Å². The molecular weight excluding hydrogens is 164 g/mol. The summed E-state index contributed by atoms with van der Waals surface area (Å²) in [5, 5.41) is 1.96. The van der Waals surface area contributed by atoms with Gasteiger partial charge in [0, 0.05) is 6.72 Å². The minimum atomic E-state index is 0.745. The molecule has 0 radical (unpaired) electrons. The zero-order valence-electron chi connectivity index (χ0n) is 10.00. The van der Waals surface area contributed by atoms with Crippen molar-refractivity contribution in [2.45, 2.75) is 0 Å². The summed E-state index contributed by atoms with van der Waals surface area (Å²) in [5.74, 6) is 0. The lowest BCUT2D eigenvalue weighted by molar-refractivity contribution is -0.969. The highest BCUT2D eigenvalue weighted by molar-refractivity contribution is 5.14. The summed E-state index contributed by atoms with van der Waals surface area (Å²) in [6, 6.07) is 0. The smallest absolute Gasteiger partial charge is 0.303 e. The molecule has 0 aromatic rings. The van der Waals surface area contributed by atoms with Gasteiger partial charge in [0.25, 0.3) is 0 Å². The van der Waals surface area contributed by atoms with Gasteiger partial charge in [0.05, 0.1) is 35.2 Å². The number of nitrogens with zero attached hydrogens (tertiary/aromatic N) is 4. The molecule has 4 heteroatoms. The summed E-state index contributed by atoms with van der Waals surface area (Å²) in [4.78, 5) is 2.08. The maximum atomic E-state index is 3.99. The third kappa shape index (κ3) is 3.24. The summed E-state index contributed by atoms with van der Waals surface area (Å²) in [7, 11) is 14.4. The molecule has 0 aliphatic heterocycles. The zero-order chi connectivity index (χ0) is 10.8. The second kappa shape index (κ2) is 3.98. The number of hydrazine groups is 1. The van der Waals surface area contributed by atoms with Crippen LogP contribution in [-0.2, 0) is 0 Å². The summed E-state index contributed by atoms with van der Waals surface area (Å²) in [6.45, 7) is 3.99. The van der Waals surface area contributed by atoms with Gasteiger partial charge in [-0.15, -0.1) is 0 Å². The summed E-state index contributed by atoms with van der Waals surface area (Å²) >= 11 is 0. The van der Waals surface area contributed by atoms with Gasteiger partial charge in [0.1, 0.15) is 0 Å². The molecule has 0 saturated carbocycles. The Morgan fingerprint density at radius 2 is 1.46 bits per heavy atom. The van der Waals surface area contributed by atoms with Crippen LogP contribution < -0.4 is 0 Å². The van der Waals surface area contributed by atoms with Crippen molar-refractivity contribution < 1.29 is 9.17 Å². The van der Waals surface area contributed by atoms with Crippen LogP contribution in [0.25, 0.3) is 0 Å². The molecule has 0 heterocycles. The molecule has 0 aromatic heterocycles. The van der Waals surface area contributed by atoms with Gasteiger partial charge >= 0.3 is 6.29 Å². The molecule has 0 N–H and O–H groups in total. The largest absolute Gasteiger partial charge is 0.313 e. The third-order valence-electron chi connectivity index (χ3n) is 1.71. The number of quaternary nitrogens is 1. The summed E-state index contributed by atoms with van der Waals surface area (Å²) in [5.41, 5.74) is 0. The molecule has 0 bridgehead atoms. The van der Waals surface area contributed by atoms with Gasteiger partial charge in [-0.1, -0.05) is 0 Å². The van der Waals surface area contributed by atoms with Gasteiger partial charge in [0.2, 0.25) is 0 Å². The Kier molecular flexibility index (Phi) is 3.75. The van der Waals surface area contributed by atoms with E-state index in [4.69, 9.17) is 0 Å². The van der Waals surface area contributed by atoms with Crippen molar-refractivity contribution in [3.8, 4) is 0 Å². The lowest BCUT2D eigenvalue weighted by atomic mass is 10.5. The average molecular weight is 187 g/mol. The third-order valence-corrected chi connectivity index (χ3v) is 1.71. The second-order valence-electron chi connectivity index (χ2n) is 4.45. The van der Waals surface area contributed by atoms with Crippen molar-refractivity contribution in [3.05, 3.63) is 6.29 Å². The first-order chi connectivity index (χ1) is 5.68. The number of hydrogen-bond donors (Lipinski definition) is 0. The lowest BCUT2D eigenvalue weighted by Gasteiger charge is -2.39. The van der Waals surface area contributed by atoms with E-state index in [1.807, 2.05) is 37.9 Å². The number of hydrogen-bond acceptors (Lipinski definition) is 2. The van der Waals surface area contributed by atoms with Crippen molar-refractivity contribution in [1.82, 2.24) is 9.91 Å². The van der Waals surface area contributed by atoms with E-state index in [0.29, 0.717) is 0 Å². The van der Waals surface area contributed by atoms with E-state index < -0.39 is 0 Å². The Hall–Kier alpha value is -0.740. The Labute approximate surface area is 82.2 Å². The molecule has 78 valence electrons. The van der Waals surface area contributed by atoms with E-state index >= 15 is 0 Å². The zero-order valence-corrected chi connectivity index (χ0v) is 10.00. The topological polar surface area (TPSA) is 9.49 Å². The van der Waals surface area contributed by atoms with Gasteiger partial charge in [-0.2, -0.15) is 4.68 Å². The van der Waals surface area contributed by atoms with Crippen molar-refractivity contribution in [2.24, 2.45) is 0 Å². The van der Waals surface area contributed by atoms with Crippen LogP contribution in [0.15, 0.2) is 0 Å². The van der Waals surface area contributed by atoms with Crippen molar-refractivity contribution in [3.63, 3.8) is 0 Å². The monoisotopic (exact) mass is 187 g/mol. The maximum absolute atomic E-state index is 3.99. The maximum Gasteiger partial charge on any atom is 0.313 e. The highest BCUT2D eigenvalue weighted by Crippen LogP contribution is 2.15. The van der Waals surface area contributed by atoms with Gasteiger partial charge in [-0.3, -0.25) is 4.90 Å². The molecule has 0 saturated heterocycles. The standard InChI is InChI=1S/C9H23N4/c1-10(2)9(13(6,7)8)12(5)11(3)4/h5H2,1-4,6-8H3/q+1. The first-order valence-corrected chi connectivity index (χ1v) is 4.32. The predicted octanol–water partition coefficient (Wildman–Crippen LogP) is -0.109. The first kappa shape index (κ1) is 12.3. The molecule has 0 aliphatic rings. The highest BCUT2D eigenvalue weighted by Gasteiger charge is 2.31. The van der Waals surface area contributed by atoms with Crippen LogP contribution in [0.5, 0.6) is 0 Å². The van der Waals surface area contributed by atoms with Crippen LogP contribution in [-0.4, -0.2) is 75.1 Å². The molecular formula is C9H23N4+. The van der Waals surface area contributed by atoms with Crippen LogP contribution in [0.4, 0.5) is 0 Å². The van der Waals surface area contributed by atoms with E-state index in [-0.39, 0.29) is 0 Å². The van der Waals surface area contributed by atoms with Gasteiger partial charge in [-0.05, 0) is 14.1 Å². The highest BCUT2D eigenvalue weighted by atomic mass is 15.7. The molecule has 0 aromatic carbocycles. The fourth-order valence-electron chi connectivity index (χ4n) is 1.36. The molecule has 0 amide bonds. The van der Waals surface area contributed by atoms with Gasteiger partial charge in [-0.25, -0.2) is 5.01 Å². The molecule has 0 fully saturated rings. The molecule has 4 nitrogen and oxygen atoms in total. The normalized spacial score (nSPS) is 11.7.